The third-order valence-electron chi connectivity index (χ3n) is 2.19. The SMILES string of the molecule is CC(=O)NCc1cncc(-c2ccsc2)c1. The van der Waals surface area contributed by atoms with Crippen LogP contribution in [-0.4, -0.2) is 10.9 Å². The summed E-state index contributed by atoms with van der Waals surface area (Å²) in [5.74, 6) is -0.0269. The molecule has 0 unspecified atom stereocenters. The molecule has 0 aliphatic carbocycles. The van der Waals surface area contributed by atoms with Gasteiger partial charge in [-0.2, -0.15) is 11.3 Å². The molecule has 2 heterocycles. The molecule has 0 radical (unpaired) electrons. The molecule has 2 aromatic heterocycles. The topological polar surface area (TPSA) is 42.0 Å². The first-order valence-electron chi connectivity index (χ1n) is 4.96. The minimum atomic E-state index is -0.0269. The molecule has 0 aliphatic rings. The van der Waals surface area contributed by atoms with Gasteiger partial charge in [0, 0.05) is 31.4 Å². The van der Waals surface area contributed by atoms with Crippen LogP contribution in [0.2, 0.25) is 0 Å². The van der Waals surface area contributed by atoms with Crippen LogP contribution < -0.4 is 5.32 Å². The Morgan fingerprint density at radius 3 is 3.00 bits per heavy atom. The predicted octanol–water partition coefficient (Wildman–Crippen LogP) is 2.45. The fourth-order valence-electron chi connectivity index (χ4n) is 1.40. The molecule has 0 bridgehead atoms. The van der Waals surface area contributed by atoms with E-state index in [1.165, 1.54) is 12.5 Å². The molecule has 0 aromatic carbocycles. The summed E-state index contributed by atoms with van der Waals surface area (Å²) in [7, 11) is 0. The lowest BCUT2D eigenvalue weighted by atomic mass is 10.1. The van der Waals surface area contributed by atoms with Gasteiger partial charge in [0.15, 0.2) is 0 Å². The lowest BCUT2D eigenvalue weighted by Gasteiger charge is -2.04. The number of pyridine rings is 1. The smallest absolute Gasteiger partial charge is 0.217 e. The van der Waals surface area contributed by atoms with E-state index in [4.69, 9.17) is 0 Å². The molecule has 2 rings (SSSR count). The van der Waals surface area contributed by atoms with Gasteiger partial charge >= 0.3 is 0 Å². The average molecular weight is 232 g/mol. The van der Waals surface area contributed by atoms with Gasteiger partial charge in [-0.25, -0.2) is 0 Å². The third kappa shape index (κ3) is 2.67. The summed E-state index contributed by atoms with van der Waals surface area (Å²) in [6, 6.07) is 4.11. The van der Waals surface area contributed by atoms with Crippen LogP contribution in [0.1, 0.15) is 12.5 Å². The van der Waals surface area contributed by atoms with Crippen molar-refractivity contribution in [2.75, 3.05) is 0 Å². The van der Waals surface area contributed by atoms with Gasteiger partial charge in [-0.1, -0.05) is 0 Å². The van der Waals surface area contributed by atoms with Crippen molar-refractivity contribution in [1.82, 2.24) is 10.3 Å². The van der Waals surface area contributed by atoms with Crippen molar-refractivity contribution in [3.8, 4) is 11.1 Å². The first-order chi connectivity index (χ1) is 7.75. The van der Waals surface area contributed by atoms with Crippen LogP contribution in [0.5, 0.6) is 0 Å². The fourth-order valence-corrected chi connectivity index (χ4v) is 2.06. The van der Waals surface area contributed by atoms with Crippen LogP contribution in [-0.2, 0) is 11.3 Å². The number of rotatable bonds is 3. The van der Waals surface area contributed by atoms with Crippen LogP contribution in [0.3, 0.4) is 0 Å². The van der Waals surface area contributed by atoms with Gasteiger partial charge in [0.1, 0.15) is 0 Å². The molecule has 1 amide bonds. The van der Waals surface area contributed by atoms with Crippen LogP contribution in [0.15, 0.2) is 35.3 Å². The molecule has 0 spiro atoms. The van der Waals surface area contributed by atoms with Crippen molar-refractivity contribution in [2.24, 2.45) is 0 Å². The van der Waals surface area contributed by atoms with Crippen molar-refractivity contribution in [3.05, 3.63) is 40.8 Å². The van der Waals surface area contributed by atoms with Gasteiger partial charge in [-0.05, 0) is 34.0 Å². The zero-order valence-corrected chi connectivity index (χ0v) is 9.75. The van der Waals surface area contributed by atoms with Crippen molar-refractivity contribution in [2.45, 2.75) is 13.5 Å². The lowest BCUT2D eigenvalue weighted by molar-refractivity contribution is -0.119. The molecular formula is C12H12N2OS. The zero-order chi connectivity index (χ0) is 11.4. The van der Waals surface area contributed by atoms with E-state index >= 15 is 0 Å². The highest BCUT2D eigenvalue weighted by Crippen LogP contribution is 2.21. The van der Waals surface area contributed by atoms with Gasteiger partial charge in [-0.3, -0.25) is 9.78 Å². The number of nitrogens with one attached hydrogen (secondary N) is 1. The van der Waals surface area contributed by atoms with E-state index < -0.39 is 0 Å². The molecule has 0 saturated heterocycles. The summed E-state index contributed by atoms with van der Waals surface area (Å²) >= 11 is 1.66. The normalized spacial score (nSPS) is 10.1. The maximum absolute atomic E-state index is 10.8. The Hall–Kier alpha value is -1.68. The Kier molecular flexibility index (Phi) is 3.31. The molecule has 16 heavy (non-hydrogen) atoms. The van der Waals surface area contributed by atoms with E-state index in [0.717, 1.165) is 11.1 Å². The average Bonchev–Trinajstić information content (AvgIpc) is 2.80. The second-order valence-electron chi connectivity index (χ2n) is 3.50. The highest BCUT2D eigenvalue weighted by Gasteiger charge is 2.01. The lowest BCUT2D eigenvalue weighted by Crippen LogP contribution is -2.18. The predicted molar refractivity (Wildman–Crippen MR) is 65.1 cm³/mol. The van der Waals surface area contributed by atoms with E-state index in [1.54, 1.807) is 17.5 Å². The highest BCUT2D eigenvalue weighted by molar-refractivity contribution is 7.08. The Bertz CT molecular complexity index is 480. The monoisotopic (exact) mass is 232 g/mol. The summed E-state index contributed by atoms with van der Waals surface area (Å²) in [6.45, 7) is 2.04. The van der Waals surface area contributed by atoms with E-state index in [-0.39, 0.29) is 5.91 Å². The van der Waals surface area contributed by atoms with Crippen molar-refractivity contribution < 1.29 is 4.79 Å². The summed E-state index contributed by atoms with van der Waals surface area (Å²) < 4.78 is 0. The number of carbonyl (C=O) groups excluding carboxylic acids is 1. The molecule has 3 nitrogen and oxygen atoms in total. The molecule has 2 aromatic rings. The number of amides is 1. The third-order valence-corrected chi connectivity index (χ3v) is 2.87. The molecule has 0 atom stereocenters. The van der Waals surface area contributed by atoms with Crippen molar-refractivity contribution in [1.29, 1.82) is 0 Å². The van der Waals surface area contributed by atoms with E-state index in [9.17, 15) is 4.79 Å². The van der Waals surface area contributed by atoms with E-state index in [2.05, 4.69) is 21.7 Å². The van der Waals surface area contributed by atoms with Gasteiger partial charge in [0.25, 0.3) is 0 Å². The number of thiophene rings is 1. The maximum atomic E-state index is 10.8. The highest BCUT2D eigenvalue weighted by atomic mass is 32.1. The number of hydrogen-bond donors (Lipinski definition) is 1. The first-order valence-corrected chi connectivity index (χ1v) is 5.91. The molecule has 0 aliphatic heterocycles. The zero-order valence-electron chi connectivity index (χ0n) is 8.93. The standard InChI is InChI=1S/C12H12N2OS/c1-9(15)14-6-10-4-12(7-13-5-10)11-2-3-16-8-11/h2-5,7-8H,6H2,1H3,(H,14,15). The van der Waals surface area contributed by atoms with E-state index in [0.29, 0.717) is 6.54 Å². The van der Waals surface area contributed by atoms with Gasteiger partial charge < -0.3 is 5.32 Å². The summed E-state index contributed by atoms with van der Waals surface area (Å²) in [5, 5.41) is 6.88. The van der Waals surface area contributed by atoms with Crippen LogP contribution >= 0.6 is 11.3 Å². The fraction of sp³-hybridized carbons (Fsp3) is 0.167. The minimum Gasteiger partial charge on any atom is -0.352 e. The second kappa shape index (κ2) is 4.90. The molecule has 1 N–H and O–H groups in total. The molecule has 0 fully saturated rings. The van der Waals surface area contributed by atoms with Gasteiger partial charge in [-0.15, -0.1) is 0 Å². The quantitative estimate of drug-likeness (QED) is 0.883. The van der Waals surface area contributed by atoms with E-state index in [1.807, 2.05) is 17.6 Å². The number of aromatic nitrogens is 1. The van der Waals surface area contributed by atoms with Gasteiger partial charge in [0.2, 0.25) is 5.91 Å². The largest absolute Gasteiger partial charge is 0.352 e. The summed E-state index contributed by atoms with van der Waals surface area (Å²) in [6.07, 6.45) is 3.60. The summed E-state index contributed by atoms with van der Waals surface area (Å²) in [5.41, 5.74) is 3.27. The molecule has 0 saturated carbocycles. The Morgan fingerprint density at radius 2 is 2.31 bits per heavy atom. The first kappa shape index (κ1) is 10.8. The molecule has 82 valence electrons. The Morgan fingerprint density at radius 1 is 1.44 bits per heavy atom. The number of nitrogens with zero attached hydrogens (tertiary/aromatic N) is 1. The van der Waals surface area contributed by atoms with Crippen LogP contribution in [0.25, 0.3) is 11.1 Å². The molecular weight excluding hydrogens is 220 g/mol. The van der Waals surface area contributed by atoms with Crippen LogP contribution in [0, 0.1) is 0 Å². The van der Waals surface area contributed by atoms with Crippen molar-refractivity contribution in [3.63, 3.8) is 0 Å². The Labute approximate surface area is 98.2 Å². The second-order valence-corrected chi connectivity index (χ2v) is 4.28. The minimum absolute atomic E-state index is 0.0269. The van der Waals surface area contributed by atoms with Gasteiger partial charge in [0.05, 0.1) is 0 Å². The maximum Gasteiger partial charge on any atom is 0.217 e. The number of hydrogen-bond acceptors (Lipinski definition) is 3. The van der Waals surface area contributed by atoms with Crippen LogP contribution in [0.4, 0.5) is 0 Å². The Balaban J connectivity index is 2.17. The number of carbonyl (C=O) groups is 1. The van der Waals surface area contributed by atoms with Crippen molar-refractivity contribution >= 4 is 17.2 Å². The molecule has 4 heteroatoms. The summed E-state index contributed by atoms with van der Waals surface area (Å²) in [4.78, 5) is 15.0.